The zero-order chi connectivity index (χ0) is 16.9. The van der Waals surface area contributed by atoms with Gasteiger partial charge in [-0.05, 0) is 70.3 Å². The van der Waals surface area contributed by atoms with Gasteiger partial charge in [0.05, 0.1) is 17.6 Å². The predicted molar refractivity (Wildman–Crippen MR) is 94.3 cm³/mol. The van der Waals surface area contributed by atoms with E-state index >= 15 is 0 Å². The van der Waals surface area contributed by atoms with Crippen LogP contribution in [0.3, 0.4) is 0 Å². The van der Waals surface area contributed by atoms with Crippen LogP contribution in [0.25, 0.3) is 5.82 Å². The Morgan fingerprint density at radius 1 is 1.33 bits per heavy atom. The number of aryl methyl sites for hydroxylation is 2. The van der Waals surface area contributed by atoms with Crippen LogP contribution < -0.4 is 10.6 Å². The quantitative estimate of drug-likeness (QED) is 0.885. The van der Waals surface area contributed by atoms with Crippen LogP contribution in [0.4, 0.5) is 5.69 Å². The number of carbonyl (C=O) groups excluding carboxylic acids is 1. The molecule has 3 rings (SSSR count). The van der Waals surface area contributed by atoms with Gasteiger partial charge in [0.1, 0.15) is 0 Å². The molecule has 6 heteroatoms. The minimum Gasteiger partial charge on any atom is -0.325 e. The number of carbonyl (C=O) groups is 1. The molecular formula is C18H25N5O. The fourth-order valence-electron chi connectivity index (χ4n) is 3.18. The Hall–Kier alpha value is -2.21. The Balaban J connectivity index is 1.53. The highest BCUT2D eigenvalue weighted by Crippen LogP contribution is 2.18. The first-order valence-corrected chi connectivity index (χ1v) is 8.62. The third-order valence-corrected chi connectivity index (χ3v) is 4.50. The standard InChI is InChI=1S/C18H25N5O/c1-13-11-14(2)23(22-13)17-5-4-16(12-20-17)21-18(24)6-3-15-7-9-19-10-8-15/h4-5,11-12,15,19H,3,6-10H2,1-2H3,(H,21,24). The molecule has 0 saturated carbocycles. The van der Waals surface area contributed by atoms with Gasteiger partial charge in [-0.25, -0.2) is 9.67 Å². The van der Waals surface area contributed by atoms with Crippen molar-refractivity contribution < 1.29 is 4.79 Å². The van der Waals surface area contributed by atoms with E-state index in [0.29, 0.717) is 12.3 Å². The van der Waals surface area contributed by atoms with Gasteiger partial charge in [-0.1, -0.05) is 0 Å². The molecule has 128 valence electrons. The average Bonchev–Trinajstić information content (AvgIpc) is 2.93. The predicted octanol–water partition coefficient (Wildman–Crippen LogP) is 2.60. The van der Waals surface area contributed by atoms with Crippen LogP contribution in [-0.4, -0.2) is 33.8 Å². The average molecular weight is 327 g/mol. The minimum absolute atomic E-state index is 0.0641. The van der Waals surface area contributed by atoms with E-state index in [-0.39, 0.29) is 5.91 Å². The highest BCUT2D eigenvalue weighted by Gasteiger charge is 2.14. The molecule has 1 saturated heterocycles. The van der Waals surface area contributed by atoms with Crippen LogP contribution in [-0.2, 0) is 4.79 Å². The third-order valence-electron chi connectivity index (χ3n) is 4.50. The Morgan fingerprint density at radius 3 is 2.75 bits per heavy atom. The number of rotatable bonds is 5. The summed E-state index contributed by atoms with van der Waals surface area (Å²) in [4.78, 5) is 16.5. The second-order valence-electron chi connectivity index (χ2n) is 6.52. The van der Waals surface area contributed by atoms with Crippen LogP contribution in [0.5, 0.6) is 0 Å². The summed E-state index contributed by atoms with van der Waals surface area (Å²) in [5.41, 5.74) is 2.74. The third kappa shape index (κ3) is 4.20. The molecule has 3 heterocycles. The first-order valence-electron chi connectivity index (χ1n) is 8.62. The van der Waals surface area contributed by atoms with Crippen LogP contribution in [0.2, 0.25) is 0 Å². The Bertz CT molecular complexity index is 686. The molecule has 24 heavy (non-hydrogen) atoms. The normalized spacial score (nSPS) is 15.4. The van der Waals surface area contributed by atoms with Crippen molar-refractivity contribution >= 4 is 11.6 Å². The second kappa shape index (κ2) is 7.57. The van der Waals surface area contributed by atoms with Crippen LogP contribution >= 0.6 is 0 Å². The molecule has 1 aliphatic rings. The van der Waals surface area contributed by atoms with Crippen molar-refractivity contribution in [3.05, 3.63) is 35.8 Å². The van der Waals surface area contributed by atoms with Gasteiger partial charge in [-0.15, -0.1) is 0 Å². The number of pyridine rings is 1. The highest BCUT2D eigenvalue weighted by atomic mass is 16.1. The zero-order valence-electron chi connectivity index (χ0n) is 14.4. The summed E-state index contributed by atoms with van der Waals surface area (Å²) in [6.45, 7) is 6.10. The molecule has 0 atom stereocenters. The van der Waals surface area contributed by atoms with Crippen LogP contribution in [0.1, 0.15) is 37.1 Å². The number of hydrogen-bond acceptors (Lipinski definition) is 4. The van der Waals surface area contributed by atoms with Gasteiger partial charge in [0.15, 0.2) is 5.82 Å². The highest BCUT2D eigenvalue weighted by molar-refractivity contribution is 5.90. The number of anilines is 1. The Kier molecular flexibility index (Phi) is 5.25. The SMILES string of the molecule is Cc1cc(C)n(-c2ccc(NC(=O)CCC3CCNCC3)cn2)n1. The number of nitrogens with one attached hydrogen (secondary N) is 2. The molecule has 1 fully saturated rings. The molecule has 2 N–H and O–H groups in total. The Morgan fingerprint density at radius 2 is 2.12 bits per heavy atom. The van der Waals surface area contributed by atoms with Crippen molar-refractivity contribution in [1.29, 1.82) is 0 Å². The van der Waals surface area contributed by atoms with Crippen LogP contribution in [0, 0.1) is 19.8 Å². The molecule has 0 aromatic carbocycles. The van der Waals surface area contributed by atoms with Gasteiger partial charge < -0.3 is 10.6 Å². The summed E-state index contributed by atoms with van der Waals surface area (Å²) in [6.07, 6.45) is 5.57. The smallest absolute Gasteiger partial charge is 0.224 e. The van der Waals surface area contributed by atoms with Gasteiger partial charge in [0.2, 0.25) is 5.91 Å². The van der Waals surface area contributed by atoms with E-state index in [1.807, 2.05) is 32.0 Å². The van der Waals surface area contributed by atoms with E-state index in [2.05, 4.69) is 20.7 Å². The molecule has 0 unspecified atom stereocenters. The van der Waals surface area contributed by atoms with Gasteiger partial charge in [-0.3, -0.25) is 4.79 Å². The Labute approximate surface area is 142 Å². The number of nitrogens with zero attached hydrogens (tertiary/aromatic N) is 3. The summed E-state index contributed by atoms with van der Waals surface area (Å²) in [5.74, 6) is 1.49. The van der Waals surface area contributed by atoms with E-state index in [9.17, 15) is 4.79 Å². The number of amides is 1. The molecule has 1 aliphatic heterocycles. The van der Waals surface area contributed by atoms with E-state index < -0.39 is 0 Å². The molecule has 0 bridgehead atoms. The summed E-state index contributed by atoms with van der Waals surface area (Å²) in [7, 11) is 0. The number of piperidine rings is 1. The first kappa shape index (κ1) is 16.6. The van der Waals surface area contributed by atoms with E-state index in [4.69, 9.17) is 0 Å². The molecular weight excluding hydrogens is 302 g/mol. The second-order valence-corrected chi connectivity index (χ2v) is 6.52. The maximum atomic E-state index is 12.1. The van der Waals surface area contributed by atoms with Gasteiger partial charge >= 0.3 is 0 Å². The van der Waals surface area contributed by atoms with Crippen LogP contribution in [0.15, 0.2) is 24.4 Å². The molecule has 0 aliphatic carbocycles. The minimum atomic E-state index is 0.0641. The first-order chi connectivity index (χ1) is 11.6. The van der Waals surface area contributed by atoms with E-state index in [0.717, 1.165) is 42.4 Å². The summed E-state index contributed by atoms with van der Waals surface area (Å²) in [6, 6.07) is 5.77. The van der Waals surface area contributed by atoms with Gasteiger partial charge in [0, 0.05) is 12.1 Å². The fourth-order valence-corrected chi connectivity index (χ4v) is 3.18. The lowest BCUT2D eigenvalue weighted by Gasteiger charge is -2.22. The van der Waals surface area contributed by atoms with Gasteiger partial charge in [-0.2, -0.15) is 5.10 Å². The van der Waals surface area contributed by atoms with Crippen molar-refractivity contribution in [2.45, 2.75) is 39.5 Å². The lowest BCUT2D eigenvalue weighted by molar-refractivity contribution is -0.116. The van der Waals surface area contributed by atoms with E-state index in [1.54, 1.807) is 10.9 Å². The van der Waals surface area contributed by atoms with Crippen molar-refractivity contribution in [3.63, 3.8) is 0 Å². The maximum Gasteiger partial charge on any atom is 0.224 e. The van der Waals surface area contributed by atoms with Crippen molar-refractivity contribution in [2.24, 2.45) is 5.92 Å². The lowest BCUT2D eigenvalue weighted by atomic mass is 9.93. The molecule has 0 spiro atoms. The molecule has 6 nitrogen and oxygen atoms in total. The number of aromatic nitrogens is 3. The molecule has 1 amide bonds. The van der Waals surface area contributed by atoms with Gasteiger partial charge in [0.25, 0.3) is 0 Å². The molecule has 2 aromatic rings. The molecule has 2 aromatic heterocycles. The van der Waals surface area contributed by atoms with E-state index in [1.165, 1.54) is 12.8 Å². The number of hydrogen-bond donors (Lipinski definition) is 2. The largest absolute Gasteiger partial charge is 0.325 e. The monoisotopic (exact) mass is 327 g/mol. The zero-order valence-corrected chi connectivity index (χ0v) is 14.4. The lowest BCUT2D eigenvalue weighted by Crippen LogP contribution is -2.28. The maximum absolute atomic E-state index is 12.1. The fraction of sp³-hybridized carbons (Fsp3) is 0.500. The van der Waals surface area contributed by atoms with Crippen molar-refractivity contribution in [3.8, 4) is 5.82 Å². The van der Waals surface area contributed by atoms with Crippen molar-refractivity contribution in [1.82, 2.24) is 20.1 Å². The topological polar surface area (TPSA) is 71.8 Å². The van der Waals surface area contributed by atoms with Crippen molar-refractivity contribution in [2.75, 3.05) is 18.4 Å². The summed E-state index contributed by atoms with van der Waals surface area (Å²) < 4.78 is 1.80. The summed E-state index contributed by atoms with van der Waals surface area (Å²) >= 11 is 0. The molecule has 0 radical (unpaired) electrons. The summed E-state index contributed by atoms with van der Waals surface area (Å²) in [5, 5.41) is 10.7.